The molecule has 0 amide bonds. The molecule has 3 nitrogen and oxygen atoms in total. The Bertz CT molecular complexity index is 713. The van der Waals surface area contributed by atoms with Gasteiger partial charge in [0, 0.05) is 11.6 Å². The Labute approximate surface area is 126 Å². The highest BCUT2D eigenvalue weighted by Crippen LogP contribution is 2.41. The third-order valence-electron chi connectivity index (χ3n) is 3.51. The molecule has 1 aromatic heterocycles. The average Bonchev–Trinajstić information content (AvgIpc) is 3.30. The third kappa shape index (κ3) is 2.90. The topological polar surface area (TPSA) is 39.2 Å². The summed E-state index contributed by atoms with van der Waals surface area (Å²) in [7, 11) is 1.27. The van der Waals surface area contributed by atoms with E-state index >= 15 is 0 Å². The average molecular weight is 306 g/mol. The van der Waals surface area contributed by atoms with Gasteiger partial charge in [0.05, 0.1) is 12.7 Å². The molecular formula is C16H13ClFNO2. The highest BCUT2D eigenvalue weighted by molar-refractivity contribution is 6.29. The Morgan fingerprint density at radius 2 is 2.10 bits per heavy atom. The van der Waals surface area contributed by atoms with Crippen molar-refractivity contribution in [1.82, 2.24) is 4.98 Å². The molecule has 0 atom stereocenters. The predicted molar refractivity (Wildman–Crippen MR) is 78.0 cm³/mol. The number of ether oxygens (including phenoxy) is 1. The van der Waals surface area contributed by atoms with Gasteiger partial charge in [-0.05, 0) is 48.2 Å². The maximum atomic E-state index is 13.4. The quantitative estimate of drug-likeness (QED) is 0.630. The van der Waals surface area contributed by atoms with Crippen molar-refractivity contribution in [3.05, 3.63) is 52.6 Å². The van der Waals surface area contributed by atoms with Crippen LogP contribution < -0.4 is 0 Å². The summed E-state index contributed by atoms with van der Waals surface area (Å²) in [5, 5.41) is 0.370. The van der Waals surface area contributed by atoms with Gasteiger partial charge in [-0.2, -0.15) is 0 Å². The van der Waals surface area contributed by atoms with E-state index in [2.05, 4.69) is 4.98 Å². The van der Waals surface area contributed by atoms with Gasteiger partial charge in [-0.15, -0.1) is 0 Å². The van der Waals surface area contributed by atoms with E-state index < -0.39 is 11.8 Å². The summed E-state index contributed by atoms with van der Waals surface area (Å²) in [6.45, 7) is 0. The van der Waals surface area contributed by atoms with Gasteiger partial charge >= 0.3 is 5.97 Å². The van der Waals surface area contributed by atoms with Crippen molar-refractivity contribution in [2.45, 2.75) is 18.8 Å². The summed E-state index contributed by atoms with van der Waals surface area (Å²) in [6, 6.07) is 7.62. The Morgan fingerprint density at radius 1 is 1.33 bits per heavy atom. The number of rotatable bonds is 3. The first kappa shape index (κ1) is 14.0. The lowest BCUT2D eigenvalue weighted by atomic mass is 9.99. The monoisotopic (exact) mass is 305 g/mol. The fraction of sp³-hybridized carbons (Fsp3) is 0.250. The van der Waals surface area contributed by atoms with Gasteiger partial charge in [-0.25, -0.2) is 14.2 Å². The highest BCUT2D eigenvalue weighted by Gasteiger charge is 2.26. The largest absolute Gasteiger partial charge is 0.465 e. The minimum Gasteiger partial charge on any atom is -0.465 e. The number of aromatic nitrogens is 1. The van der Waals surface area contributed by atoms with Crippen LogP contribution in [-0.2, 0) is 4.74 Å². The number of halogens is 2. The minimum absolute atomic E-state index is 0.182. The van der Waals surface area contributed by atoms with Crippen LogP contribution in [0.15, 0.2) is 30.3 Å². The number of methoxy groups -OCH3 is 1. The third-order valence-corrected chi connectivity index (χ3v) is 3.70. The molecule has 2 aromatic rings. The molecule has 1 aliphatic carbocycles. The fourth-order valence-corrected chi connectivity index (χ4v) is 2.52. The zero-order chi connectivity index (χ0) is 15.0. The van der Waals surface area contributed by atoms with Crippen LogP contribution in [0.25, 0.3) is 11.1 Å². The van der Waals surface area contributed by atoms with Crippen molar-refractivity contribution in [2.24, 2.45) is 0 Å². The standard InChI is InChI=1S/C16H13ClFNO2/c1-21-16(20)13-8-11(18)4-5-12(13)10-6-14(9-2-3-9)19-15(17)7-10/h4-9H,2-3H2,1H3. The first-order valence-electron chi connectivity index (χ1n) is 6.64. The Morgan fingerprint density at radius 3 is 2.76 bits per heavy atom. The highest BCUT2D eigenvalue weighted by atomic mass is 35.5. The van der Waals surface area contributed by atoms with E-state index in [0.717, 1.165) is 24.1 Å². The van der Waals surface area contributed by atoms with Gasteiger partial charge in [0.2, 0.25) is 0 Å². The van der Waals surface area contributed by atoms with Crippen molar-refractivity contribution in [2.75, 3.05) is 7.11 Å². The molecule has 0 N–H and O–H groups in total. The number of hydrogen-bond donors (Lipinski definition) is 0. The normalized spacial score (nSPS) is 14.0. The van der Waals surface area contributed by atoms with Crippen LogP contribution in [0.4, 0.5) is 4.39 Å². The lowest BCUT2D eigenvalue weighted by Gasteiger charge is -2.10. The summed E-state index contributed by atoms with van der Waals surface area (Å²) in [6.07, 6.45) is 2.19. The van der Waals surface area contributed by atoms with Gasteiger partial charge in [0.15, 0.2) is 0 Å². The summed E-state index contributed by atoms with van der Waals surface area (Å²) in [5.74, 6) is -0.628. The second-order valence-electron chi connectivity index (χ2n) is 5.06. The zero-order valence-corrected chi connectivity index (χ0v) is 12.2. The molecule has 1 fully saturated rings. The summed E-state index contributed by atoms with van der Waals surface area (Å²) in [5.41, 5.74) is 2.44. The van der Waals surface area contributed by atoms with Gasteiger partial charge in [0.25, 0.3) is 0 Å². The van der Waals surface area contributed by atoms with E-state index in [1.54, 1.807) is 12.1 Å². The van der Waals surface area contributed by atoms with Gasteiger partial charge in [-0.1, -0.05) is 17.7 Å². The molecule has 108 valence electrons. The van der Waals surface area contributed by atoms with Crippen LogP contribution in [0.2, 0.25) is 5.15 Å². The van der Waals surface area contributed by atoms with Crippen molar-refractivity contribution < 1.29 is 13.9 Å². The molecular weight excluding hydrogens is 293 g/mol. The minimum atomic E-state index is -0.578. The van der Waals surface area contributed by atoms with Crippen LogP contribution in [0.3, 0.4) is 0 Å². The molecule has 0 spiro atoms. The molecule has 0 radical (unpaired) electrons. The molecule has 1 aliphatic rings. The first-order chi connectivity index (χ1) is 10.1. The lowest BCUT2D eigenvalue weighted by molar-refractivity contribution is 0.0601. The first-order valence-corrected chi connectivity index (χ1v) is 7.02. The van der Waals surface area contributed by atoms with E-state index in [1.807, 2.05) is 6.07 Å². The summed E-state index contributed by atoms with van der Waals surface area (Å²) in [4.78, 5) is 16.1. The van der Waals surface area contributed by atoms with Crippen molar-refractivity contribution in [3.8, 4) is 11.1 Å². The number of carbonyl (C=O) groups is 1. The number of pyridine rings is 1. The molecule has 0 bridgehead atoms. The lowest BCUT2D eigenvalue weighted by Crippen LogP contribution is -2.04. The molecule has 0 aliphatic heterocycles. The molecule has 21 heavy (non-hydrogen) atoms. The summed E-state index contributed by atoms with van der Waals surface area (Å²) < 4.78 is 18.1. The Kier molecular flexibility index (Phi) is 3.64. The molecule has 0 saturated heterocycles. The number of esters is 1. The molecule has 1 heterocycles. The van der Waals surface area contributed by atoms with Crippen molar-refractivity contribution >= 4 is 17.6 Å². The Balaban J connectivity index is 2.13. The Hall–Kier alpha value is -1.94. The van der Waals surface area contributed by atoms with Crippen LogP contribution >= 0.6 is 11.6 Å². The van der Waals surface area contributed by atoms with Gasteiger partial charge in [-0.3, -0.25) is 0 Å². The van der Waals surface area contributed by atoms with E-state index in [0.29, 0.717) is 16.6 Å². The molecule has 3 rings (SSSR count). The maximum absolute atomic E-state index is 13.4. The SMILES string of the molecule is COC(=O)c1cc(F)ccc1-c1cc(Cl)nc(C2CC2)c1. The second-order valence-corrected chi connectivity index (χ2v) is 5.45. The van der Waals surface area contributed by atoms with E-state index in [4.69, 9.17) is 16.3 Å². The molecule has 1 saturated carbocycles. The number of benzene rings is 1. The number of nitrogens with zero attached hydrogens (tertiary/aromatic N) is 1. The van der Waals surface area contributed by atoms with Crippen molar-refractivity contribution in [1.29, 1.82) is 0 Å². The van der Waals surface area contributed by atoms with Crippen molar-refractivity contribution in [3.63, 3.8) is 0 Å². The maximum Gasteiger partial charge on any atom is 0.338 e. The van der Waals surface area contributed by atoms with E-state index in [1.165, 1.54) is 19.2 Å². The van der Waals surface area contributed by atoms with E-state index in [-0.39, 0.29) is 5.56 Å². The van der Waals surface area contributed by atoms with Gasteiger partial charge in [0.1, 0.15) is 11.0 Å². The number of hydrogen-bond acceptors (Lipinski definition) is 3. The second kappa shape index (κ2) is 5.45. The fourth-order valence-electron chi connectivity index (χ4n) is 2.31. The summed E-state index contributed by atoms with van der Waals surface area (Å²) >= 11 is 6.07. The van der Waals surface area contributed by atoms with Crippen LogP contribution in [-0.4, -0.2) is 18.1 Å². The van der Waals surface area contributed by atoms with Crippen LogP contribution in [0.1, 0.15) is 34.8 Å². The number of carbonyl (C=O) groups excluding carboxylic acids is 1. The zero-order valence-electron chi connectivity index (χ0n) is 11.4. The van der Waals surface area contributed by atoms with Crippen LogP contribution in [0, 0.1) is 5.82 Å². The van der Waals surface area contributed by atoms with Crippen LogP contribution in [0.5, 0.6) is 0 Å². The molecule has 0 unspecified atom stereocenters. The molecule has 1 aromatic carbocycles. The van der Waals surface area contributed by atoms with E-state index in [9.17, 15) is 9.18 Å². The van der Waals surface area contributed by atoms with Gasteiger partial charge < -0.3 is 4.74 Å². The predicted octanol–water partition coefficient (Wildman–Crippen LogP) is 4.21. The smallest absolute Gasteiger partial charge is 0.338 e. The molecule has 5 heteroatoms.